The Hall–Kier alpha value is -1.88. The number of benzene rings is 1. The number of nitrogens with zero attached hydrogens (tertiary/aromatic N) is 2. The maximum atomic E-state index is 12.5. The fourth-order valence-corrected chi connectivity index (χ4v) is 2.59. The van der Waals surface area contributed by atoms with Gasteiger partial charge < -0.3 is 14.5 Å². The fourth-order valence-electron chi connectivity index (χ4n) is 2.59. The molecule has 1 fully saturated rings. The molecule has 114 valence electrons. The molecular weight excluding hydrogens is 268 g/mol. The normalized spacial score (nSPS) is 19.0. The van der Waals surface area contributed by atoms with E-state index in [0.29, 0.717) is 13.1 Å². The van der Waals surface area contributed by atoms with Crippen LogP contribution in [0.4, 0.5) is 5.69 Å². The zero-order valence-electron chi connectivity index (χ0n) is 12.8. The largest absolute Gasteiger partial charge is 0.375 e. The van der Waals surface area contributed by atoms with Crippen LogP contribution in [-0.2, 0) is 20.7 Å². The minimum Gasteiger partial charge on any atom is -0.375 e. The van der Waals surface area contributed by atoms with Crippen molar-refractivity contribution in [3.05, 3.63) is 29.8 Å². The number of amides is 2. The van der Waals surface area contributed by atoms with Crippen molar-refractivity contribution >= 4 is 17.5 Å². The number of carbonyl (C=O) groups excluding carboxylic acids is 2. The predicted molar refractivity (Wildman–Crippen MR) is 81.2 cm³/mol. The summed E-state index contributed by atoms with van der Waals surface area (Å²) in [5.41, 5.74) is 2.14. The zero-order valence-corrected chi connectivity index (χ0v) is 12.8. The number of rotatable bonds is 4. The molecule has 5 nitrogen and oxygen atoms in total. The van der Waals surface area contributed by atoms with E-state index >= 15 is 0 Å². The Morgan fingerprint density at radius 1 is 1.29 bits per heavy atom. The van der Waals surface area contributed by atoms with Crippen molar-refractivity contribution in [1.82, 2.24) is 4.90 Å². The molecule has 1 saturated heterocycles. The van der Waals surface area contributed by atoms with Crippen molar-refractivity contribution < 1.29 is 14.3 Å². The van der Waals surface area contributed by atoms with Crippen molar-refractivity contribution in [3.63, 3.8) is 0 Å². The molecule has 0 N–H and O–H groups in total. The highest BCUT2D eigenvalue weighted by Gasteiger charge is 2.34. The van der Waals surface area contributed by atoms with E-state index in [2.05, 4.69) is 6.92 Å². The van der Waals surface area contributed by atoms with Gasteiger partial charge in [-0.15, -0.1) is 0 Å². The van der Waals surface area contributed by atoms with Gasteiger partial charge in [0, 0.05) is 25.9 Å². The molecule has 5 heteroatoms. The molecule has 0 aliphatic carbocycles. The standard InChI is InChI=1S/C16H22N2O3/c1-4-13-5-7-14(8-6-13)18-10-9-17(12(2)16(18)20)15(19)11-21-3/h5-8,12H,4,9-11H2,1-3H3. The van der Waals surface area contributed by atoms with Crippen LogP contribution in [0.3, 0.4) is 0 Å². The molecule has 0 bridgehead atoms. The van der Waals surface area contributed by atoms with E-state index in [1.807, 2.05) is 24.3 Å². The van der Waals surface area contributed by atoms with Crippen LogP contribution in [0, 0.1) is 0 Å². The van der Waals surface area contributed by atoms with Crippen molar-refractivity contribution in [2.24, 2.45) is 0 Å². The summed E-state index contributed by atoms with van der Waals surface area (Å²) in [6.45, 7) is 4.93. The molecule has 0 radical (unpaired) electrons. The second-order valence-electron chi connectivity index (χ2n) is 5.21. The Morgan fingerprint density at radius 2 is 1.95 bits per heavy atom. The molecule has 1 heterocycles. The maximum absolute atomic E-state index is 12.5. The Bertz CT molecular complexity index is 513. The van der Waals surface area contributed by atoms with Gasteiger partial charge in [0.25, 0.3) is 0 Å². The highest BCUT2D eigenvalue weighted by molar-refractivity contribution is 6.00. The zero-order chi connectivity index (χ0) is 15.4. The summed E-state index contributed by atoms with van der Waals surface area (Å²) in [5.74, 6) is -0.186. The molecule has 0 spiro atoms. The predicted octanol–water partition coefficient (Wildman–Crippen LogP) is 1.46. The third kappa shape index (κ3) is 3.24. The lowest BCUT2D eigenvalue weighted by Gasteiger charge is -2.39. The number of carbonyl (C=O) groups is 2. The van der Waals surface area contributed by atoms with Crippen molar-refractivity contribution in [3.8, 4) is 0 Å². The average molecular weight is 290 g/mol. The summed E-state index contributed by atoms with van der Waals surface area (Å²) in [6, 6.07) is 7.56. The van der Waals surface area contributed by atoms with E-state index in [1.54, 1.807) is 16.7 Å². The van der Waals surface area contributed by atoms with Crippen LogP contribution in [0.25, 0.3) is 0 Å². The Kier molecular flexibility index (Phi) is 4.96. The van der Waals surface area contributed by atoms with Crippen LogP contribution >= 0.6 is 0 Å². The van der Waals surface area contributed by atoms with Crippen LogP contribution in [0.5, 0.6) is 0 Å². The molecule has 0 aromatic heterocycles. The minimum atomic E-state index is -0.452. The third-order valence-corrected chi connectivity index (χ3v) is 3.90. The number of hydrogen-bond acceptors (Lipinski definition) is 3. The molecule has 21 heavy (non-hydrogen) atoms. The first-order valence-corrected chi connectivity index (χ1v) is 7.27. The van der Waals surface area contributed by atoms with Gasteiger partial charge in [-0.1, -0.05) is 19.1 Å². The SMILES string of the molecule is CCc1ccc(N2CCN(C(=O)COC)C(C)C2=O)cc1. The molecule has 1 aliphatic rings. The lowest BCUT2D eigenvalue weighted by molar-refractivity contribution is -0.143. The van der Waals surface area contributed by atoms with Gasteiger partial charge in [0.1, 0.15) is 12.6 Å². The van der Waals surface area contributed by atoms with Crippen molar-refractivity contribution in [2.75, 3.05) is 31.7 Å². The van der Waals surface area contributed by atoms with Crippen LogP contribution in [0.2, 0.25) is 0 Å². The van der Waals surface area contributed by atoms with E-state index in [1.165, 1.54) is 12.7 Å². The monoisotopic (exact) mass is 290 g/mol. The van der Waals surface area contributed by atoms with Gasteiger partial charge in [-0.25, -0.2) is 0 Å². The van der Waals surface area contributed by atoms with E-state index in [9.17, 15) is 9.59 Å². The number of piperazine rings is 1. The highest BCUT2D eigenvalue weighted by atomic mass is 16.5. The van der Waals surface area contributed by atoms with Crippen LogP contribution in [0.15, 0.2) is 24.3 Å². The van der Waals surface area contributed by atoms with E-state index in [0.717, 1.165) is 12.1 Å². The van der Waals surface area contributed by atoms with Gasteiger partial charge in [0.05, 0.1) is 0 Å². The molecule has 2 rings (SSSR count). The van der Waals surface area contributed by atoms with E-state index < -0.39 is 6.04 Å². The number of hydrogen-bond donors (Lipinski definition) is 0. The van der Waals surface area contributed by atoms with Crippen LogP contribution in [0.1, 0.15) is 19.4 Å². The van der Waals surface area contributed by atoms with Crippen molar-refractivity contribution in [1.29, 1.82) is 0 Å². The lowest BCUT2D eigenvalue weighted by atomic mass is 10.1. The molecule has 1 aromatic carbocycles. The molecule has 2 amide bonds. The first-order chi connectivity index (χ1) is 10.1. The number of ether oxygens (including phenoxy) is 1. The second-order valence-corrected chi connectivity index (χ2v) is 5.21. The van der Waals surface area contributed by atoms with Gasteiger partial charge in [-0.05, 0) is 31.0 Å². The minimum absolute atomic E-state index is 0.0167. The van der Waals surface area contributed by atoms with Crippen molar-refractivity contribution in [2.45, 2.75) is 26.3 Å². The van der Waals surface area contributed by atoms with Gasteiger partial charge in [-0.2, -0.15) is 0 Å². The smallest absolute Gasteiger partial charge is 0.249 e. The average Bonchev–Trinajstić information content (AvgIpc) is 2.50. The molecular formula is C16H22N2O3. The summed E-state index contributed by atoms with van der Waals surface area (Å²) in [5, 5.41) is 0. The Balaban J connectivity index is 2.11. The third-order valence-electron chi connectivity index (χ3n) is 3.90. The molecule has 1 atom stereocenters. The second kappa shape index (κ2) is 6.72. The number of anilines is 1. The first kappa shape index (κ1) is 15.5. The van der Waals surface area contributed by atoms with Gasteiger partial charge in [-0.3, -0.25) is 9.59 Å². The molecule has 0 saturated carbocycles. The fraction of sp³-hybridized carbons (Fsp3) is 0.500. The molecule has 1 aliphatic heterocycles. The van der Waals surface area contributed by atoms with Crippen LogP contribution < -0.4 is 4.90 Å². The van der Waals surface area contributed by atoms with Crippen LogP contribution in [-0.4, -0.2) is 49.6 Å². The van der Waals surface area contributed by atoms with E-state index in [4.69, 9.17) is 4.74 Å². The summed E-state index contributed by atoms with van der Waals surface area (Å²) in [7, 11) is 1.48. The first-order valence-electron chi connectivity index (χ1n) is 7.27. The Labute approximate surface area is 125 Å². The number of methoxy groups -OCH3 is 1. The quantitative estimate of drug-likeness (QED) is 0.843. The number of aryl methyl sites for hydroxylation is 1. The topological polar surface area (TPSA) is 49.9 Å². The summed E-state index contributed by atoms with van der Waals surface area (Å²) >= 11 is 0. The summed E-state index contributed by atoms with van der Waals surface area (Å²) < 4.78 is 4.86. The van der Waals surface area contributed by atoms with Gasteiger partial charge in [0.15, 0.2) is 0 Å². The lowest BCUT2D eigenvalue weighted by Crippen LogP contribution is -2.58. The summed E-state index contributed by atoms with van der Waals surface area (Å²) in [4.78, 5) is 27.7. The van der Waals surface area contributed by atoms with E-state index in [-0.39, 0.29) is 18.4 Å². The maximum Gasteiger partial charge on any atom is 0.249 e. The van der Waals surface area contributed by atoms with Gasteiger partial charge >= 0.3 is 0 Å². The van der Waals surface area contributed by atoms with Gasteiger partial charge in [0.2, 0.25) is 11.8 Å². The Morgan fingerprint density at radius 3 is 2.52 bits per heavy atom. The summed E-state index contributed by atoms with van der Waals surface area (Å²) in [6.07, 6.45) is 0.976. The molecule has 1 unspecified atom stereocenters. The molecule has 1 aromatic rings. The highest BCUT2D eigenvalue weighted by Crippen LogP contribution is 2.21.